The summed E-state index contributed by atoms with van der Waals surface area (Å²) in [5, 5.41) is 10.9. The Hall–Kier alpha value is -2.63. The monoisotopic (exact) mass is 273 g/mol. The Morgan fingerprint density at radius 3 is 2.80 bits per heavy atom. The van der Waals surface area contributed by atoms with E-state index < -0.39 is 4.92 Å². The van der Waals surface area contributed by atoms with Crippen molar-refractivity contribution in [2.45, 2.75) is 13.3 Å². The number of anilines is 1. The van der Waals surface area contributed by atoms with Gasteiger partial charge in [0.1, 0.15) is 11.6 Å². The van der Waals surface area contributed by atoms with E-state index >= 15 is 0 Å². The molecule has 0 amide bonds. The summed E-state index contributed by atoms with van der Waals surface area (Å²) < 4.78 is 5.63. The molecule has 1 heterocycles. The minimum Gasteiger partial charge on any atom is -0.493 e. The van der Waals surface area contributed by atoms with Crippen LogP contribution in [-0.2, 0) is 0 Å². The van der Waals surface area contributed by atoms with E-state index in [1.165, 1.54) is 12.1 Å². The number of nitrogen functional groups attached to an aromatic ring is 1. The van der Waals surface area contributed by atoms with Gasteiger partial charge in [0.2, 0.25) is 0 Å². The van der Waals surface area contributed by atoms with Crippen LogP contribution in [0.5, 0.6) is 5.75 Å². The summed E-state index contributed by atoms with van der Waals surface area (Å²) in [6.07, 6.45) is 0.874. The van der Waals surface area contributed by atoms with Gasteiger partial charge in [-0.25, -0.2) is 4.98 Å². The highest BCUT2D eigenvalue weighted by Gasteiger charge is 2.14. The van der Waals surface area contributed by atoms with Crippen LogP contribution in [0.3, 0.4) is 0 Å². The van der Waals surface area contributed by atoms with E-state index in [2.05, 4.69) is 4.98 Å². The third-order valence-corrected chi connectivity index (χ3v) is 2.67. The van der Waals surface area contributed by atoms with Gasteiger partial charge in [0.05, 0.1) is 23.3 Å². The molecule has 0 radical (unpaired) electrons. The first-order valence-electron chi connectivity index (χ1n) is 6.26. The first-order chi connectivity index (χ1) is 9.61. The fraction of sp³-hybridized carbons (Fsp3) is 0.214. The first-order valence-corrected chi connectivity index (χ1v) is 6.26. The van der Waals surface area contributed by atoms with Gasteiger partial charge in [0.25, 0.3) is 5.69 Å². The number of ether oxygens (including phenoxy) is 1. The number of para-hydroxylation sites is 1. The number of hydrogen-bond acceptors (Lipinski definition) is 5. The van der Waals surface area contributed by atoms with Gasteiger partial charge in [0.15, 0.2) is 0 Å². The van der Waals surface area contributed by atoms with Crippen molar-refractivity contribution in [2.24, 2.45) is 0 Å². The second kappa shape index (κ2) is 6.01. The maximum Gasteiger partial charge on any atom is 0.275 e. The molecule has 6 nitrogen and oxygen atoms in total. The van der Waals surface area contributed by atoms with E-state index in [9.17, 15) is 10.1 Å². The van der Waals surface area contributed by atoms with Crippen molar-refractivity contribution in [2.75, 3.05) is 12.3 Å². The number of aromatic nitrogens is 1. The number of nitrogens with two attached hydrogens (primary N) is 1. The molecule has 0 saturated carbocycles. The molecule has 0 aliphatic carbocycles. The summed E-state index contributed by atoms with van der Waals surface area (Å²) in [6.45, 7) is 2.58. The fourth-order valence-corrected chi connectivity index (χ4v) is 1.80. The Morgan fingerprint density at radius 2 is 2.10 bits per heavy atom. The van der Waals surface area contributed by atoms with Crippen molar-refractivity contribution in [1.82, 2.24) is 4.98 Å². The van der Waals surface area contributed by atoms with E-state index in [1.54, 1.807) is 6.07 Å². The smallest absolute Gasteiger partial charge is 0.275 e. The van der Waals surface area contributed by atoms with Crippen molar-refractivity contribution in [3.05, 3.63) is 46.5 Å². The van der Waals surface area contributed by atoms with Crippen molar-refractivity contribution in [1.29, 1.82) is 0 Å². The molecule has 2 aromatic rings. The number of nitro groups is 1. The summed E-state index contributed by atoms with van der Waals surface area (Å²) >= 11 is 0. The van der Waals surface area contributed by atoms with Crippen LogP contribution in [0.25, 0.3) is 11.3 Å². The summed E-state index contributed by atoms with van der Waals surface area (Å²) in [4.78, 5) is 14.5. The standard InChI is InChI=1S/C14H15N3O3/c1-2-7-20-13-6-4-3-5-11(13)12-8-10(17(18)19)9-14(15)16-12/h3-6,8-9H,2,7H2,1H3,(H2,15,16). The van der Waals surface area contributed by atoms with Crippen LogP contribution in [0.2, 0.25) is 0 Å². The molecule has 0 spiro atoms. The van der Waals surface area contributed by atoms with E-state index in [0.717, 1.165) is 6.42 Å². The quantitative estimate of drug-likeness (QED) is 0.667. The lowest BCUT2D eigenvalue weighted by atomic mass is 10.1. The predicted molar refractivity (Wildman–Crippen MR) is 76.5 cm³/mol. The molecule has 2 rings (SSSR count). The summed E-state index contributed by atoms with van der Waals surface area (Å²) in [6, 6.07) is 9.90. The van der Waals surface area contributed by atoms with Crippen LogP contribution < -0.4 is 10.5 Å². The Labute approximate surface area is 116 Å². The van der Waals surface area contributed by atoms with E-state index in [0.29, 0.717) is 23.6 Å². The molecule has 0 bridgehead atoms. The van der Waals surface area contributed by atoms with Crippen LogP contribution in [0, 0.1) is 10.1 Å². The molecule has 0 unspecified atom stereocenters. The van der Waals surface area contributed by atoms with Gasteiger partial charge < -0.3 is 10.5 Å². The Morgan fingerprint density at radius 1 is 1.35 bits per heavy atom. The zero-order valence-electron chi connectivity index (χ0n) is 11.1. The van der Waals surface area contributed by atoms with Crippen LogP contribution in [0.1, 0.15) is 13.3 Å². The molecule has 6 heteroatoms. The molecule has 1 aromatic heterocycles. The average molecular weight is 273 g/mol. The molecular weight excluding hydrogens is 258 g/mol. The van der Waals surface area contributed by atoms with Gasteiger partial charge in [-0.15, -0.1) is 0 Å². The molecular formula is C14H15N3O3. The number of pyridine rings is 1. The van der Waals surface area contributed by atoms with Crippen LogP contribution in [0.4, 0.5) is 11.5 Å². The second-order valence-electron chi connectivity index (χ2n) is 4.24. The third kappa shape index (κ3) is 3.03. The van der Waals surface area contributed by atoms with E-state index in [-0.39, 0.29) is 11.5 Å². The van der Waals surface area contributed by atoms with Crippen molar-refractivity contribution < 1.29 is 9.66 Å². The molecule has 104 valence electrons. The first kappa shape index (κ1) is 13.8. The maximum absolute atomic E-state index is 10.9. The molecule has 2 N–H and O–H groups in total. The average Bonchev–Trinajstić information content (AvgIpc) is 2.44. The summed E-state index contributed by atoms with van der Waals surface area (Å²) in [5.74, 6) is 0.751. The SMILES string of the molecule is CCCOc1ccccc1-c1cc([N+](=O)[O-])cc(N)n1. The van der Waals surface area contributed by atoms with Crippen LogP contribution in [-0.4, -0.2) is 16.5 Å². The number of nitrogens with zero attached hydrogens (tertiary/aromatic N) is 2. The van der Waals surface area contributed by atoms with Gasteiger partial charge in [-0.05, 0) is 18.6 Å². The lowest BCUT2D eigenvalue weighted by molar-refractivity contribution is -0.384. The number of hydrogen-bond donors (Lipinski definition) is 1. The molecule has 1 aromatic carbocycles. The van der Waals surface area contributed by atoms with Gasteiger partial charge in [-0.1, -0.05) is 19.1 Å². The topological polar surface area (TPSA) is 91.3 Å². The van der Waals surface area contributed by atoms with Crippen molar-refractivity contribution in [3.63, 3.8) is 0 Å². The molecule has 0 fully saturated rings. The highest BCUT2D eigenvalue weighted by Crippen LogP contribution is 2.31. The molecule has 0 saturated heterocycles. The zero-order chi connectivity index (χ0) is 14.5. The lowest BCUT2D eigenvalue weighted by Gasteiger charge is -2.10. The fourth-order valence-electron chi connectivity index (χ4n) is 1.80. The Kier molecular flexibility index (Phi) is 4.14. The third-order valence-electron chi connectivity index (χ3n) is 2.67. The lowest BCUT2D eigenvalue weighted by Crippen LogP contribution is -2.00. The second-order valence-corrected chi connectivity index (χ2v) is 4.24. The van der Waals surface area contributed by atoms with Gasteiger partial charge >= 0.3 is 0 Å². The van der Waals surface area contributed by atoms with E-state index in [1.807, 2.05) is 25.1 Å². The molecule has 0 atom stereocenters. The Balaban J connectivity index is 2.48. The van der Waals surface area contributed by atoms with Gasteiger partial charge in [-0.2, -0.15) is 0 Å². The molecule has 20 heavy (non-hydrogen) atoms. The summed E-state index contributed by atoms with van der Waals surface area (Å²) in [5.41, 5.74) is 6.67. The highest BCUT2D eigenvalue weighted by molar-refractivity contribution is 5.70. The van der Waals surface area contributed by atoms with Gasteiger partial charge in [-0.3, -0.25) is 10.1 Å². The highest BCUT2D eigenvalue weighted by atomic mass is 16.6. The largest absolute Gasteiger partial charge is 0.493 e. The van der Waals surface area contributed by atoms with Crippen molar-refractivity contribution >= 4 is 11.5 Å². The molecule has 0 aliphatic rings. The van der Waals surface area contributed by atoms with E-state index in [4.69, 9.17) is 10.5 Å². The maximum atomic E-state index is 10.9. The Bertz CT molecular complexity index is 629. The van der Waals surface area contributed by atoms with Crippen LogP contribution >= 0.6 is 0 Å². The van der Waals surface area contributed by atoms with Crippen LogP contribution in [0.15, 0.2) is 36.4 Å². The summed E-state index contributed by atoms with van der Waals surface area (Å²) in [7, 11) is 0. The number of benzene rings is 1. The normalized spacial score (nSPS) is 10.2. The van der Waals surface area contributed by atoms with Gasteiger partial charge in [0, 0.05) is 11.6 Å². The number of rotatable bonds is 5. The minimum absolute atomic E-state index is 0.0854. The predicted octanol–water partition coefficient (Wildman–Crippen LogP) is 3.03. The minimum atomic E-state index is -0.489. The zero-order valence-corrected chi connectivity index (χ0v) is 11.1. The molecule has 0 aliphatic heterocycles. The van der Waals surface area contributed by atoms with Crippen molar-refractivity contribution in [3.8, 4) is 17.0 Å².